The van der Waals surface area contributed by atoms with Gasteiger partial charge in [0.25, 0.3) is 0 Å². The van der Waals surface area contributed by atoms with Gasteiger partial charge >= 0.3 is 6.03 Å². The molecule has 4 aromatic rings. The van der Waals surface area contributed by atoms with Gasteiger partial charge in [0.15, 0.2) is 0 Å². The maximum atomic E-state index is 13.1. The van der Waals surface area contributed by atoms with Crippen LogP contribution in [0.5, 0.6) is 0 Å². The van der Waals surface area contributed by atoms with Crippen molar-refractivity contribution >= 4 is 23.3 Å². The smallest absolute Gasteiger partial charge is 0.322 e. The molecule has 0 saturated heterocycles. The number of anilines is 1. The summed E-state index contributed by atoms with van der Waals surface area (Å²) >= 11 is 5.93. The average molecular weight is 421 g/mol. The number of imidazole rings is 1. The monoisotopic (exact) mass is 420 g/mol. The first-order valence-corrected chi connectivity index (χ1v) is 9.78. The number of rotatable bonds is 3. The number of hydrogen-bond acceptors (Lipinski definition) is 5. The highest BCUT2D eigenvalue weighted by Crippen LogP contribution is 2.32. The lowest BCUT2D eigenvalue weighted by atomic mass is 10.0. The minimum absolute atomic E-state index is 0.276. The Bertz CT molecular complexity index is 1170. The third kappa shape index (κ3) is 3.53. The fraction of sp³-hybridized carbons (Fsp3) is 0.143. The van der Waals surface area contributed by atoms with Crippen LogP contribution in [0.4, 0.5) is 10.5 Å². The molecule has 2 N–H and O–H groups in total. The number of carbonyl (C=O) groups excluding carboxylic acids is 1. The summed E-state index contributed by atoms with van der Waals surface area (Å²) in [6.07, 6.45) is 2.11. The largest absolute Gasteiger partial charge is 0.347 e. The summed E-state index contributed by atoms with van der Waals surface area (Å²) in [5, 5.41) is 7.61. The highest BCUT2D eigenvalue weighted by Gasteiger charge is 2.36. The Labute approximate surface area is 176 Å². The number of aromatic amines is 1. The highest BCUT2D eigenvalue weighted by molar-refractivity contribution is 6.30. The molecule has 0 unspecified atom stereocenters. The number of hydrogen-bond donors (Lipinski definition) is 2. The fourth-order valence-electron chi connectivity index (χ4n) is 3.47. The van der Waals surface area contributed by atoms with E-state index >= 15 is 0 Å². The predicted octanol–water partition coefficient (Wildman–Crippen LogP) is 4.44. The van der Waals surface area contributed by atoms with E-state index in [1.807, 2.05) is 30.3 Å². The van der Waals surface area contributed by atoms with Gasteiger partial charge in [-0.2, -0.15) is 4.98 Å². The molecule has 5 rings (SSSR count). The van der Waals surface area contributed by atoms with E-state index in [-0.39, 0.29) is 6.03 Å². The van der Waals surface area contributed by atoms with Gasteiger partial charge in [-0.15, -0.1) is 0 Å². The minimum Gasteiger partial charge on any atom is -0.347 e. The Morgan fingerprint density at radius 3 is 2.77 bits per heavy atom. The number of carbonyl (C=O) groups is 1. The van der Waals surface area contributed by atoms with E-state index in [0.717, 1.165) is 17.0 Å². The second-order valence-electron chi connectivity index (χ2n) is 6.93. The Morgan fingerprint density at radius 1 is 1.17 bits per heavy atom. The molecule has 2 amide bonds. The maximum absolute atomic E-state index is 13.1. The van der Waals surface area contributed by atoms with Crippen LogP contribution in [0.1, 0.15) is 23.3 Å². The van der Waals surface area contributed by atoms with E-state index in [4.69, 9.17) is 16.1 Å². The predicted molar refractivity (Wildman–Crippen MR) is 111 cm³/mol. The first-order valence-electron chi connectivity index (χ1n) is 9.41. The Kier molecular flexibility index (Phi) is 4.68. The zero-order valence-corrected chi connectivity index (χ0v) is 16.5. The summed E-state index contributed by atoms with van der Waals surface area (Å²) in [5.41, 5.74) is 3.27. The van der Waals surface area contributed by atoms with E-state index < -0.39 is 6.04 Å². The molecule has 2 aromatic heterocycles. The lowest BCUT2D eigenvalue weighted by Crippen LogP contribution is -2.41. The molecule has 0 aliphatic carbocycles. The Balaban J connectivity index is 1.45. The van der Waals surface area contributed by atoms with Crippen molar-refractivity contribution < 1.29 is 9.32 Å². The quantitative estimate of drug-likeness (QED) is 0.510. The number of amides is 2. The molecule has 0 spiro atoms. The molecule has 2 aromatic carbocycles. The number of nitrogens with one attached hydrogen (secondary N) is 2. The van der Waals surface area contributed by atoms with Gasteiger partial charge in [0, 0.05) is 22.7 Å². The van der Waals surface area contributed by atoms with Crippen molar-refractivity contribution in [3.63, 3.8) is 0 Å². The van der Waals surface area contributed by atoms with E-state index in [1.165, 1.54) is 0 Å². The van der Waals surface area contributed by atoms with Gasteiger partial charge in [0.05, 0.1) is 24.3 Å². The number of urea groups is 1. The SMILES string of the molecule is O=C(Nc1ccc(Cl)cc1)N1Cc2[nH]cnc2C[C@H]1c1nc(-c2ccccc2)no1. The minimum atomic E-state index is -0.432. The third-order valence-corrected chi connectivity index (χ3v) is 5.27. The van der Waals surface area contributed by atoms with Crippen LogP contribution < -0.4 is 5.32 Å². The topological polar surface area (TPSA) is 99.9 Å². The molecule has 0 saturated carbocycles. The van der Waals surface area contributed by atoms with Crippen molar-refractivity contribution in [3.8, 4) is 11.4 Å². The number of nitrogens with zero attached hydrogens (tertiary/aromatic N) is 4. The van der Waals surface area contributed by atoms with E-state index in [0.29, 0.717) is 35.4 Å². The molecule has 1 aliphatic heterocycles. The molecular formula is C21H17ClN6O2. The molecule has 0 radical (unpaired) electrons. The first-order chi connectivity index (χ1) is 14.7. The number of halogens is 1. The second-order valence-corrected chi connectivity index (χ2v) is 7.37. The van der Waals surface area contributed by atoms with Gasteiger partial charge in [-0.3, -0.25) is 0 Å². The number of H-pyrrole nitrogens is 1. The first kappa shape index (κ1) is 18.4. The highest BCUT2D eigenvalue weighted by atomic mass is 35.5. The summed E-state index contributed by atoms with van der Waals surface area (Å²) in [6, 6.07) is 15.8. The van der Waals surface area contributed by atoms with Gasteiger partial charge in [0.1, 0.15) is 6.04 Å². The summed E-state index contributed by atoms with van der Waals surface area (Å²) in [6.45, 7) is 0.350. The van der Waals surface area contributed by atoms with Gasteiger partial charge in [-0.25, -0.2) is 9.78 Å². The van der Waals surface area contributed by atoms with Crippen molar-refractivity contribution in [3.05, 3.63) is 83.2 Å². The zero-order chi connectivity index (χ0) is 20.5. The van der Waals surface area contributed by atoms with Gasteiger partial charge < -0.3 is 19.7 Å². The molecule has 150 valence electrons. The Hall–Kier alpha value is -3.65. The van der Waals surface area contributed by atoms with Gasteiger partial charge in [-0.05, 0) is 24.3 Å². The molecule has 30 heavy (non-hydrogen) atoms. The van der Waals surface area contributed by atoms with Crippen molar-refractivity contribution in [1.82, 2.24) is 25.0 Å². The van der Waals surface area contributed by atoms with Crippen LogP contribution in [0.15, 0.2) is 65.4 Å². The van der Waals surface area contributed by atoms with Crippen LogP contribution in [0.2, 0.25) is 5.02 Å². The number of benzene rings is 2. The molecule has 0 fully saturated rings. The van der Waals surface area contributed by atoms with Crippen molar-refractivity contribution in [2.24, 2.45) is 0 Å². The summed E-state index contributed by atoms with van der Waals surface area (Å²) in [4.78, 5) is 26.8. The molecule has 1 atom stereocenters. The Morgan fingerprint density at radius 2 is 1.97 bits per heavy atom. The summed E-state index contributed by atoms with van der Waals surface area (Å²) in [7, 11) is 0. The average Bonchev–Trinajstić information content (AvgIpc) is 3.44. The normalized spacial score (nSPS) is 15.6. The zero-order valence-electron chi connectivity index (χ0n) is 15.7. The lowest BCUT2D eigenvalue weighted by molar-refractivity contribution is 0.155. The van der Waals surface area contributed by atoms with Crippen molar-refractivity contribution in [2.45, 2.75) is 19.0 Å². The lowest BCUT2D eigenvalue weighted by Gasteiger charge is -2.32. The standard InChI is InChI=1S/C21H17ClN6O2/c22-14-6-8-15(9-7-14)25-21(29)28-11-17-16(23-12-24-17)10-18(28)20-26-19(27-30-20)13-4-2-1-3-5-13/h1-9,12,18H,10-11H2,(H,23,24)(H,25,29)/t18-/m0/s1. The molecule has 8 nitrogen and oxygen atoms in total. The van der Waals surface area contributed by atoms with Gasteiger partial charge in [-0.1, -0.05) is 47.1 Å². The van der Waals surface area contributed by atoms with E-state index in [2.05, 4.69) is 25.4 Å². The van der Waals surface area contributed by atoms with Crippen molar-refractivity contribution in [1.29, 1.82) is 0 Å². The van der Waals surface area contributed by atoms with Crippen LogP contribution in [0, 0.1) is 0 Å². The van der Waals surface area contributed by atoms with E-state index in [1.54, 1.807) is 35.5 Å². The molecular weight excluding hydrogens is 404 g/mol. The third-order valence-electron chi connectivity index (χ3n) is 5.01. The molecule has 9 heteroatoms. The second kappa shape index (κ2) is 7.64. The van der Waals surface area contributed by atoms with Crippen LogP contribution in [0.25, 0.3) is 11.4 Å². The summed E-state index contributed by atoms with van der Waals surface area (Å²) < 4.78 is 5.56. The fourth-order valence-corrected chi connectivity index (χ4v) is 3.60. The number of aromatic nitrogens is 4. The molecule has 0 bridgehead atoms. The maximum Gasteiger partial charge on any atom is 0.322 e. The van der Waals surface area contributed by atoms with Crippen molar-refractivity contribution in [2.75, 3.05) is 5.32 Å². The van der Waals surface area contributed by atoms with Crippen LogP contribution in [-0.2, 0) is 13.0 Å². The summed E-state index contributed by atoms with van der Waals surface area (Å²) in [5.74, 6) is 0.852. The molecule has 1 aliphatic rings. The van der Waals surface area contributed by atoms with Crippen LogP contribution in [-0.4, -0.2) is 31.0 Å². The number of fused-ring (bicyclic) bond motifs is 1. The molecule has 3 heterocycles. The van der Waals surface area contributed by atoms with Gasteiger partial charge in [0.2, 0.25) is 11.7 Å². The van der Waals surface area contributed by atoms with E-state index in [9.17, 15) is 4.79 Å². The van der Waals surface area contributed by atoms with Crippen LogP contribution >= 0.6 is 11.6 Å². The van der Waals surface area contributed by atoms with Crippen LogP contribution in [0.3, 0.4) is 0 Å².